The van der Waals surface area contributed by atoms with Gasteiger partial charge in [0.25, 0.3) is 0 Å². The molecule has 0 spiro atoms. The quantitative estimate of drug-likeness (QED) is 0.873. The lowest BCUT2D eigenvalue weighted by atomic mass is 10.1. The van der Waals surface area contributed by atoms with Crippen molar-refractivity contribution in [2.45, 2.75) is 20.4 Å². The lowest BCUT2D eigenvalue weighted by molar-refractivity contribution is 0.627. The van der Waals surface area contributed by atoms with Crippen LogP contribution in [0.15, 0.2) is 36.7 Å². The van der Waals surface area contributed by atoms with Crippen LogP contribution in [0.1, 0.15) is 16.7 Å². The monoisotopic (exact) mass is 230 g/mol. The van der Waals surface area contributed by atoms with Crippen LogP contribution in [-0.4, -0.2) is 4.98 Å². The number of hydrogen-bond donors (Lipinski definition) is 1. The number of hydrogen-bond acceptors (Lipinski definition) is 2. The predicted octanol–water partition coefficient (Wildman–Crippen LogP) is 3.45. The van der Waals surface area contributed by atoms with Gasteiger partial charge in [0.1, 0.15) is 5.82 Å². The molecule has 2 aromatic rings. The number of nitrogens with zero attached hydrogens (tertiary/aromatic N) is 1. The van der Waals surface area contributed by atoms with Crippen LogP contribution in [0.4, 0.5) is 10.1 Å². The molecule has 1 aromatic heterocycles. The van der Waals surface area contributed by atoms with E-state index in [9.17, 15) is 4.39 Å². The van der Waals surface area contributed by atoms with E-state index in [-0.39, 0.29) is 5.82 Å². The molecular formula is C14H15FN2. The molecule has 17 heavy (non-hydrogen) atoms. The number of anilines is 1. The molecule has 0 fully saturated rings. The summed E-state index contributed by atoms with van der Waals surface area (Å²) in [5.74, 6) is -0.203. The largest absolute Gasteiger partial charge is 0.381 e. The second-order valence-electron chi connectivity index (χ2n) is 4.11. The lowest BCUT2D eigenvalue weighted by Crippen LogP contribution is -2.03. The molecule has 3 heteroatoms. The smallest absolute Gasteiger partial charge is 0.123 e. The molecule has 0 unspecified atom stereocenters. The average molecular weight is 230 g/mol. The first kappa shape index (κ1) is 11.6. The van der Waals surface area contributed by atoms with Gasteiger partial charge in [0.05, 0.1) is 0 Å². The molecule has 2 nitrogen and oxygen atoms in total. The van der Waals surface area contributed by atoms with Crippen LogP contribution in [0, 0.1) is 19.7 Å². The third kappa shape index (κ3) is 2.81. The van der Waals surface area contributed by atoms with Gasteiger partial charge < -0.3 is 5.32 Å². The molecular weight excluding hydrogens is 215 g/mol. The second kappa shape index (κ2) is 4.95. The van der Waals surface area contributed by atoms with Crippen molar-refractivity contribution in [2.24, 2.45) is 0 Å². The standard InChI is InChI=1S/C14H15FN2/c1-10-5-6-16-8-12(10)9-17-14-4-3-13(15)7-11(14)2/h3-8,17H,9H2,1-2H3. The van der Waals surface area contributed by atoms with Gasteiger partial charge >= 0.3 is 0 Å². The van der Waals surface area contributed by atoms with E-state index in [1.807, 2.05) is 19.2 Å². The van der Waals surface area contributed by atoms with E-state index in [4.69, 9.17) is 0 Å². The van der Waals surface area contributed by atoms with Crippen LogP contribution >= 0.6 is 0 Å². The van der Waals surface area contributed by atoms with Crippen LogP contribution in [0.25, 0.3) is 0 Å². The van der Waals surface area contributed by atoms with E-state index in [1.165, 1.54) is 17.7 Å². The third-order valence-corrected chi connectivity index (χ3v) is 2.81. The highest BCUT2D eigenvalue weighted by molar-refractivity contribution is 5.51. The van der Waals surface area contributed by atoms with Crippen molar-refractivity contribution < 1.29 is 4.39 Å². The average Bonchev–Trinajstić information content (AvgIpc) is 2.30. The van der Waals surface area contributed by atoms with Crippen molar-refractivity contribution in [1.29, 1.82) is 0 Å². The van der Waals surface area contributed by atoms with E-state index in [2.05, 4.69) is 17.2 Å². The maximum atomic E-state index is 12.9. The number of benzene rings is 1. The van der Waals surface area contributed by atoms with Crippen molar-refractivity contribution in [2.75, 3.05) is 5.32 Å². The Morgan fingerprint density at radius 1 is 1.18 bits per heavy atom. The fraction of sp³-hybridized carbons (Fsp3) is 0.214. The highest BCUT2D eigenvalue weighted by atomic mass is 19.1. The number of aromatic nitrogens is 1. The van der Waals surface area contributed by atoms with E-state index in [0.717, 1.165) is 16.8 Å². The Hall–Kier alpha value is -1.90. The molecule has 0 bridgehead atoms. The molecule has 1 aromatic carbocycles. The van der Waals surface area contributed by atoms with Crippen molar-refractivity contribution in [3.8, 4) is 0 Å². The van der Waals surface area contributed by atoms with Crippen molar-refractivity contribution >= 4 is 5.69 Å². The molecule has 0 amide bonds. The van der Waals surface area contributed by atoms with Gasteiger partial charge in [-0.2, -0.15) is 0 Å². The van der Waals surface area contributed by atoms with Crippen molar-refractivity contribution in [3.05, 3.63) is 59.2 Å². The minimum absolute atomic E-state index is 0.203. The lowest BCUT2D eigenvalue weighted by Gasteiger charge is -2.10. The van der Waals surface area contributed by atoms with Gasteiger partial charge in [-0.1, -0.05) is 0 Å². The normalized spacial score (nSPS) is 10.3. The Bertz CT molecular complexity index is 523. The number of halogens is 1. The molecule has 88 valence electrons. The summed E-state index contributed by atoms with van der Waals surface area (Å²) in [5, 5.41) is 3.29. The highest BCUT2D eigenvalue weighted by Gasteiger charge is 2.01. The van der Waals surface area contributed by atoms with E-state index >= 15 is 0 Å². The van der Waals surface area contributed by atoms with Crippen LogP contribution < -0.4 is 5.32 Å². The molecule has 0 aliphatic heterocycles. The van der Waals surface area contributed by atoms with E-state index in [0.29, 0.717) is 6.54 Å². The maximum absolute atomic E-state index is 12.9. The van der Waals surface area contributed by atoms with Crippen molar-refractivity contribution in [3.63, 3.8) is 0 Å². The van der Waals surface area contributed by atoms with Gasteiger partial charge in [0.15, 0.2) is 0 Å². The summed E-state index contributed by atoms with van der Waals surface area (Å²) in [6.07, 6.45) is 3.63. The van der Waals surface area contributed by atoms with E-state index < -0.39 is 0 Å². The van der Waals surface area contributed by atoms with Crippen LogP contribution in [0.5, 0.6) is 0 Å². The van der Waals surface area contributed by atoms with Gasteiger partial charge in [-0.3, -0.25) is 4.98 Å². The number of nitrogens with one attached hydrogen (secondary N) is 1. The maximum Gasteiger partial charge on any atom is 0.123 e. The molecule has 1 N–H and O–H groups in total. The Balaban J connectivity index is 2.10. The Kier molecular flexibility index (Phi) is 3.38. The molecule has 1 heterocycles. The number of rotatable bonds is 3. The van der Waals surface area contributed by atoms with E-state index in [1.54, 1.807) is 12.3 Å². The van der Waals surface area contributed by atoms with Gasteiger partial charge in [0, 0.05) is 24.6 Å². The number of pyridine rings is 1. The summed E-state index contributed by atoms with van der Waals surface area (Å²) >= 11 is 0. The fourth-order valence-electron chi connectivity index (χ4n) is 1.70. The summed E-state index contributed by atoms with van der Waals surface area (Å²) in [4.78, 5) is 4.09. The molecule has 0 aliphatic carbocycles. The first-order chi connectivity index (χ1) is 8.16. The molecule has 0 atom stereocenters. The summed E-state index contributed by atoms with van der Waals surface area (Å²) in [6.45, 7) is 4.64. The van der Waals surface area contributed by atoms with Crippen LogP contribution in [0.2, 0.25) is 0 Å². The number of aryl methyl sites for hydroxylation is 2. The summed E-state index contributed by atoms with van der Waals surface area (Å²) in [6, 6.07) is 6.73. The van der Waals surface area contributed by atoms with Crippen LogP contribution in [-0.2, 0) is 6.54 Å². The molecule has 0 radical (unpaired) electrons. The Labute approximate surface area is 101 Å². The molecule has 0 aliphatic rings. The van der Waals surface area contributed by atoms with Crippen LogP contribution in [0.3, 0.4) is 0 Å². The minimum atomic E-state index is -0.203. The zero-order valence-electron chi connectivity index (χ0n) is 10.00. The zero-order valence-corrected chi connectivity index (χ0v) is 10.00. The summed E-state index contributed by atoms with van der Waals surface area (Å²) in [7, 11) is 0. The molecule has 0 saturated heterocycles. The topological polar surface area (TPSA) is 24.9 Å². The van der Waals surface area contributed by atoms with Gasteiger partial charge in [-0.25, -0.2) is 4.39 Å². The summed E-state index contributed by atoms with van der Waals surface area (Å²) in [5.41, 5.74) is 4.21. The van der Waals surface area contributed by atoms with Gasteiger partial charge in [-0.05, 0) is 54.8 Å². The molecule has 0 saturated carbocycles. The van der Waals surface area contributed by atoms with Crippen molar-refractivity contribution in [1.82, 2.24) is 4.98 Å². The second-order valence-corrected chi connectivity index (χ2v) is 4.11. The Morgan fingerprint density at radius 2 is 2.00 bits per heavy atom. The highest BCUT2D eigenvalue weighted by Crippen LogP contribution is 2.17. The molecule has 2 rings (SSSR count). The fourth-order valence-corrected chi connectivity index (χ4v) is 1.70. The minimum Gasteiger partial charge on any atom is -0.381 e. The SMILES string of the molecule is Cc1ccncc1CNc1ccc(F)cc1C. The van der Waals surface area contributed by atoms with Gasteiger partial charge in [-0.15, -0.1) is 0 Å². The van der Waals surface area contributed by atoms with Gasteiger partial charge in [0.2, 0.25) is 0 Å². The zero-order chi connectivity index (χ0) is 12.3. The predicted molar refractivity (Wildman–Crippen MR) is 67.4 cm³/mol. The summed E-state index contributed by atoms with van der Waals surface area (Å²) < 4.78 is 12.9. The first-order valence-corrected chi connectivity index (χ1v) is 5.56. The third-order valence-electron chi connectivity index (χ3n) is 2.81. The Morgan fingerprint density at radius 3 is 2.71 bits per heavy atom. The first-order valence-electron chi connectivity index (χ1n) is 5.56.